The molecule has 1 atom stereocenters. The van der Waals surface area contributed by atoms with Crippen LogP contribution in [0.15, 0.2) is 85.1 Å². The SMILES string of the molecule is CC/C=C\C/C=C\C/C=C\C/C=C\CCCCCCC(=O)O[C@H](COC(=O)CCC/C=C\C/C=C\C/C=C\CCCCCCCC)COC(=O)CCCCCCCCCCCCCCC. The second kappa shape index (κ2) is 53.2. The molecule has 0 aliphatic carbocycles. The molecule has 0 amide bonds. The van der Waals surface area contributed by atoms with Crippen molar-refractivity contribution in [3.8, 4) is 0 Å². The van der Waals surface area contributed by atoms with E-state index in [2.05, 4.69) is 106 Å². The maximum absolute atomic E-state index is 12.8. The molecular formula is C59H100O6. The molecule has 0 saturated carbocycles. The first-order chi connectivity index (χ1) is 32.0. The van der Waals surface area contributed by atoms with E-state index >= 15 is 0 Å². The molecule has 6 nitrogen and oxygen atoms in total. The number of hydrogen-bond acceptors (Lipinski definition) is 6. The minimum Gasteiger partial charge on any atom is -0.462 e. The van der Waals surface area contributed by atoms with Gasteiger partial charge in [0.15, 0.2) is 6.10 Å². The highest BCUT2D eigenvalue weighted by Gasteiger charge is 2.19. The van der Waals surface area contributed by atoms with E-state index in [0.29, 0.717) is 19.3 Å². The summed E-state index contributed by atoms with van der Waals surface area (Å²) >= 11 is 0. The highest BCUT2D eigenvalue weighted by Crippen LogP contribution is 2.14. The highest BCUT2D eigenvalue weighted by atomic mass is 16.6. The van der Waals surface area contributed by atoms with Gasteiger partial charge in [-0.3, -0.25) is 14.4 Å². The first kappa shape index (κ1) is 61.6. The molecule has 0 radical (unpaired) electrons. The van der Waals surface area contributed by atoms with Gasteiger partial charge in [0.05, 0.1) is 0 Å². The van der Waals surface area contributed by atoms with E-state index < -0.39 is 6.10 Å². The molecule has 6 heteroatoms. The molecular weight excluding hydrogens is 805 g/mol. The van der Waals surface area contributed by atoms with Gasteiger partial charge in [0.25, 0.3) is 0 Å². The van der Waals surface area contributed by atoms with Gasteiger partial charge in [0.1, 0.15) is 13.2 Å². The normalized spacial score (nSPS) is 12.7. The van der Waals surface area contributed by atoms with Crippen molar-refractivity contribution in [1.82, 2.24) is 0 Å². The Bertz CT molecular complexity index is 1270. The highest BCUT2D eigenvalue weighted by molar-refractivity contribution is 5.71. The van der Waals surface area contributed by atoms with E-state index in [1.807, 2.05) is 0 Å². The predicted octanol–water partition coefficient (Wildman–Crippen LogP) is 18.0. The van der Waals surface area contributed by atoms with E-state index in [0.717, 1.165) is 96.3 Å². The molecule has 0 aromatic rings. The average molecular weight is 905 g/mol. The van der Waals surface area contributed by atoms with Crippen LogP contribution in [0.1, 0.15) is 252 Å². The van der Waals surface area contributed by atoms with Crippen molar-refractivity contribution in [2.45, 2.75) is 258 Å². The van der Waals surface area contributed by atoms with E-state index in [1.54, 1.807) is 0 Å². The van der Waals surface area contributed by atoms with Crippen molar-refractivity contribution in [2.75, 3.05) is 13.2 Å². The second-order valence-electron chi connectivity index (χ2n) is 17.8. The molecule has 0 aromatic carbocycles. The molecule has 0 aliphatic rings. The summed E-state index contributed by atoms with van der Waals surface area (Å²) in [5, 5.41) is 0. The maximum atomic E-state index is 12.8. The first-order valence-electron chi connectivity index (χ1n) is 27.1. The molecule has 0 spiro atoms. The van der Waals surface area contributed by atoms with Gasteiger partial charge >= 0.3 is 17.9 Å². The van der Waals surface area contributed by atoms with Crippen LogP contribution in [0.25, 0.3) is 0 Å². The number of allylic oxidation sites excluding steroid dienone is 14. The van der Waals surface area contributed by atoms with Crippen LogP contribution in [-0.4, -0.2) is 37.2 Å². The molecule has 0 aromatic heterocycles. The van der Waals surface area contributed by atoms with E-state index in [4.69, 9.17) is 14.2 Å². The van der Waals surface area contributed by atoms with Crippen molar-refractivity contribution in [3.63, 3.8) is 0 Å². The Morgan fingerprint density at radius 1 is 0.323 bits per heavy atom. The Labute approximate surface area is 401 Å². The zero-order valence-corrected chi connectivity index (χ0v) is 42.5. The van der Waals surface area contributed by atoms with Crippen LogP contribution in [0.5, 0.6) is 0 Å². The lowest BCUT2D eigenvalue weighted by Gasteiger charge is -2.18. The van der Waals surface area contributed by atoms with Gasteiger partial charge in [-0.15, -0.1) is 0 Å². The molecule has 0 rings (SSSR count). The molecule has 0 N–H and O–H groups in total. The smallest absolute Gasteiger partial charge is 0.306 e. The van der Waals surface area contributed by atoms with Crippen LogP contribution in [0, 0.1) is 0 Å². The molecule has 0 saturated heterocycles. The number of unbranched alkanes of at least 4 members (excludes halogenated alkanes) is 23. The number of rotatable bonds is 48. The van der Waals surface area contributed by atoms with Crippen molar-refractivity contribution >= 4 is 17.9 Å². The van der Waals surface area contributed by atoms with Crippen LogP contribution in [-0.2, 0) is 28.6 Å². The zero-order valence-electron chi connectivity index (χ0n) is 42.5. The molecule has 372 valence electrons. The summed E-state index contributed by atoms with van der Waals surface area (Å²) < 4.78 is 16.8. The summed E-state index contributed by atoms with van der Waals surface area (Å²) in [4.78, 5) is 38.0. The number of ether oxygens (including phenoxy) is 3. The van der Waals surface area contributed by atoms with Crippen LogP contribution in [0.4, 0.5) is 0 Å². The summed E-state index contributed by atoms with van der Waals surface area (Å²) in [6, 6.07) is 0. The standard InChI is InChI=1S/C59H100O6/c1-4-7-10-13-16-19-22-25-27-29-31-34-37-40-43-46-49-52-58(61)64-55-56(54-63-57(60)51-48-45-42-39-36-33-24-21-18-15-12-9-6-3)65-59(62)53-50-47-44-41-38-35-32-30-28-26-23-20-17-14-11-8-5-2/h8,11,17,20,25-28,31-32,34-35,40,43,56H,4-7,9-10,12-16,18-19,21-24,29-30,33,36-39,41-42,44-55H2,1-3H3/b11-8-,20-17-,27-25-,28-26-,34-31-,35-32-,43-40-/t56-/m0/s1. The average Bonchev–Trinajstić information content (AvgIpc) is 3.30. The molecule has 0 heterocycles. The van der Waals surface area contributed by atoms with Crippen LogP contribution in [0.3, 0.4) is 0 Å². The van der Waals surface area contributed by atoms with Crippen LogP contribution >= 0.6 is 0 Å². The number of carbonyl (C=O) groups excluding carboxylic acids is 3. The van der Waals surface area contributed by atoms with Gasteiger partial charge in [-0.25, -0.2) is 0 Å². The molecule has 0 fully saturated rings. The van der Waals surface area contributed by atoms with E-state index in [9.17, 15) is 14.4 Å². The zero-order chi connectivity index (χ0) is 47.2. The minimum absolute atomic E-state index is 0.101. The monoisotopic (exact) mass is 905 g/mol. The number of carbonyl (C=O) groups is 3. The minimum atomic E-state index is -0.808. The summed E-state index contributed by atoms with van der Waals surface area (Å²) in [5.41, 5.74) is 0. The lowest BCUT2D eigenvalue weighted by molar-refractivity contribution is -0.167. The number of esters is 3. The Kier molecular flexibility index (Phi) is 50.4. The fraction of sp³-hybridized carbons (Fsp3) is 0.712. The topological polar surface area (TPSA) is 78.9 Å². The van der Waals surface area contributed by atoms with Gasteiger partial charge in [0.2, 0.25) is 0 Å². The fourth-order valence-corrected chi connectivity index (χ4v) is 7.33. The van der Waals surface area contributed by atoms with Gasteiger partial charge in [0, 0.05) is 19.3 Å². The van der Waals surface area contributed by atoms with Gasteiger partial charge in [-0.05, 0) is 89.9 Å². The first-order valence-corrected chi connectivity index (χ1v) is 27.1. The molecule has 65 heavy (non-hydrogen) atoms. The lowest BCUT2D eigenvalue weighted by Crippen LogP contribution is -2.30. The third kappa shape index (κ3) is 51.4. The lowest BCUT2D eigenvalue weighted by atomic mass is 10.0. The summed E-state index contributed by atoms with van der Waals surface area (Å²) in [6.07, 6.45) is 68.6. The summed E-state index contributed by atoms with van der Waals surface area (Å²) in [7, 11) is 0. The Morgan fingerprint density at radius 2 is 0.615 bits per heavy atom. The fourth-order valence-electron chi connectivity index (χ4n) is 7.33. The van der Waals surface area contributed by atoms with Crippen molar-refractivity contribution in [1.29, 1.82) is 0 Å². The van der Waals surface area contributed by atoms with Gasteiger partial charge in [-0.2, -0.15) is 0 Å². The van der Waals surface area contributed by atoms with Crippen LogP contribution < -0.4 is 0 Å². The summed E-state index contributed by atoms with van der Waals surface area (Å²) in [5.74, 6) is -0.977. The molecule has 0 unspecified atom stereocenters. The van der Waals surface area contributed by atoms with Crippen LogP contribution in [0.2, 0.25) is 0 Å². The van der Waals surface area contributed by atoms with E-state index in [-0.39, 0.29) is 37.5 Å². The van der Waals surface area contributed by atoms with Crippen molar-refractivity contribution < 1.29 is 28.6 Å². The Morgan fingerprint density at radius 3 is 1.00 bits per heavy atom. The summed E-state index contributed by atoms with van der Waals surface area (Å²) in [6.45, 7) is 6.46. The van der Waals surface area contributed by atoms with Crippen molar-refractivity contribution in [3.05, 3.63) is 85.1 Å². The predicted molar refractivity (Wildman–Crippen MR) is 279 cm³/mol. The van der Waals surface area contributed by atoms with E-state index in [1.165, 1.54) is 109 Å². The Balaban J connectivity index is 4.50. The Hall–Kier alpha value is -3.41. The maximum Gasteiger partial charge on any atom is 0.306 e. The third-order valence-electron chi connectivity index (χ3n) is 11.4. The largest absolute Gasteiger partial charge is 0.462 e. The molecule has 0 bridgehead atoms. The number of hydrogen-bond donors (Lipinski definition) is 0. The second-order valence-corrected chi connectivity index (χ2v) is 17.8. The third-order valence-corrected chi connectivity index (χ3v) is 11.4. The van der Waals surface area contributed by atoms with Gasteiger partial charge in [-0.1, -0.05) is 228 Å². The van der Waals surface area contributed by atoms with Crippen molar-refractivity contribution in [2.24, 2.45) is 0 Å². The quantitative estimate of drug-likeness (QED) is 0.0262. The van der Waals surface area contributed by atoms with Gasteiger partial charge < -0.3 is 14.2 Å². The molecule has 0 aliphatic heterocycles.